The van der Waals surface area contributed by atoms with Gasteiger partial charge in [0, 0.05) is 6.54 Å². The summed E-state index contributed by atoms with van der Waals surface area (Å²) in [4.78, 5) is 0. The monoisotopic (exact) mass is 267 g/mol. The average Bonchev–Trinajstić information content (AvgIpc) is 2.38. The van der Waals surface area contributed by atoms with Crippen molar-refractivity contribution >= 4 is 0 Å². The first-order chi connectivity index (χ1) is 9.11. The topological polar surface area (TPSA) is 50.7 Å². The van der Waals surface area contributed by atoms with Crippen LogP contribution in [0.5, 0.6) is 11.5 Å². The van der Waals surface area contributed by atoms with Crippen molar-refractivity contribution in [1.29, 1.82) is 0 Å². The summed E-state index contributed by atoms with van der Waals surface area (Å²) < 4.78 is 10.9. The van der Waals surface area contributed by atoms with E-state index >= 15 is 0 Å². The Labute approximate surface area is 115 Å². The molecule has 0 aliphatic carbocycles. The number of hydrogen-bond acceptors (Lipinski definition) is 4. The Morgan fingerprint density at radius 1 is 1.05 bits per heavy atom. The highest BCUT2D eigenvalue weighted by Crippen LogP contribution is 2.17. The fraction of sp³-hybridized carbons (Fsp3) is 0.600. The Bertz CT molecular complexity index is 338. The van der Waals surface area contributed by atoms with E-state index in [1.165, 1.54) is 0 Å². The van der Waals surface area contributed by atoms with Crippen LogP contribution in [0.3, 0.4) is 0 Å². The first kappa shape index (κ1) is 15.8. The number of benzene rings is 1. The van der Waals surface area contributed by atoms with E-state index in [1.54, 1.807) is 0 Å². The molecule has 2 N–H and O–H groups in total. The highest BCUT2D eigenvalue weighted by Gasteiger charge is 2.05. The molecule has 0 fully saturated rings. The summed E-state index contributed by atoms with van der Waals surface area (Å²) in [5, 5.41) is 12.9. The van der Waals surface area contributed by atoms with Crippen LogP contribution in [0.1, 0.15) is 20.8 Å². The molecular weight excluding hydrogens is 242 g/mol. The van der Waals surface area contributed by atoms with Crippen molar-refractivity contribution in [3.05, 3.63) is 24.3 Å². The maximum Gasteiger partial charge on any atom is 0.119 e. The lowest BCUT2D eigenvalue weighted by Crippen LogP contribution is -2.33. The molecule has 0 saturated carbocycles. The molecule has 0 unspecified atom stereocenters. The highest BCUT2D eigenvalue weighted by molar-refractivity contribution is 5.31. The SMILES string of the molecule is CCOc1ccc(OC[C@H](O)CNCC(C)C)cc1. The minimum atomic E-state index is -0.495. The number of rotatable bonds is 9. The summed E-state index contributed by atoms with van der Waals surface area (Å²) in [5.74, 6) is 2.15. The average molecular weight is 267 g/mol. The van der Waals surface area contributed by atoms with Crippen LogP contribution in [0.15, 0.2) is 24.3 Å². The standard InChI is InChI=1S/C15H25NO3/c1-4-18-14-5-7-15(8-6-14)19-11-13(17)10-16-9-12(2)3/h5-8,12-13,16-17H,4,9-11H2,1-3H3/t13-/m1/s1. The molecule has 1 atom stereocenters. The van der Waals surface area contributed by atoms with E-state index in [9.17, 15) is 5.11 Å². The maximum absolute atomic E-state index is 9.75. The molecule has 1 aromatic carbocycles. The first-order valence-electron chi connectivity index (χ1n) is 6.86. The fourth-order valence-electron chi connectivity index (χ4n) is 1.59. The lowest BCUT2D eigenvalue weighted by Gasteiger charge is -2.14. The molecule has 0 aliphatic rings. The molecule has 0 bridgehead atoms. The molecule has 19 heavy (non-hydrogen) atoms. The zero-order valence-electron chi connectivity index (χ0n) is 12.1. The van der Waals surface area contributed by atoms with E-state index < -0.39 is 6.10 Å². The van der Waals surface area contributed by atoms with Gasteiger partial charge in [0.05, 0.1) is 6.61 Å². The number of hydrogen-bond donors (Lipinski definition) is 2. The molecule has 108 valence electrons. The summed E-state index contributed by atoms with van der Waals surface area (Å²) in [7, 11) is 0. The fourth-order valence-corrected chi connectivity index (χ4v) is 1.59. The molecule has 4 heteroatoms. The Balaban J connectivity index is 2.23. The van der Waals surface area contributed by atoms with Gasteiger partial charge in [0.15, 0.2) is 0 Å². The largest absolute Gasteiger partial charge is 0.494 e. The Morgan fingerprint density at radius 2 is 1.63 bits per heavy atom. The van der Waals surface area contributed by atoms with Gasteiger partial charge in [0.1, 0.15) is 24.2 Å². The van der Waals surface area contributed by atoms with Gasteiger partial charge in [-0.3, -0.25) is 0 Å². The summed E-state index contributed by atoms with van der Waals surface area (Å²) in [5.41, 5.74) is 0. The minimum absolute atomic E-state index is 0.291. The van der Waals surface area contributed by atoms with Crippen LogP contribution in [-0.4, -0.2) is 37.5 Å². The van der Waals surface area contributed by atoms with Gasteiger partial charge in [-0.15, -0.1) is 0 Å². The van der Waals surface area contributed by atoms with Crippen LogP contribution in [0.25, 0.3) is 0 Å². The molecule has 1 aromatic rings. The first-order valence-corrected chi connectivity index (χ1v) is 6.86. The van der Waals surface area contributed by atoms with E-state index in [-0.39, 0.29) is 0 Å². The van der Waals surface area contributed by atoms with E-state index in [4.69, 9.17) is 9.47 Å². The van der Waals surface area contributed by atoms with Crippen LogP contribution in [0.2, 0.25) is 0 Å². The van der Waals surface area contributed by atoms with Gasteiger partial charge in [-0.1, -0.05) is 13.8 Å². The minimum Gasteiger partial charge on any atom is -0.494 e. The van der Waals surface area contributed by atoms with Crippen molar-refractivity contribution in [1.82, 2.24) is 5.32 Å². The highest BCUT2D eigenvalue weighted by atomic mass is 16.5. The summed E-state index contributed by atoms with van der Waals surface area (Å²) in [6.45, 7) is 8.62. The van der Waals surface area contributed by atoms with Gasteiger partial charge < -0.3 is 19.9 Å². The zero-order valence-corrected chi connectivity index (χ0v) is 12.1. The van der Waals surface area contributed by atoms with E-state index in [1.807, 2.05) is 31.2 Å². The molecule has 0 spiro atoms. The summed E-state index contributed by atoms with van der Waals surface area (Å²) in [6.07, 6.45) is -0.495. The number of ether oxygens (including phenoxy) is 2. The van der Waals surface area contributed by atoms with Crippen molar-refractivity contribution in [3.63, 3.8) is 0 Å². The lowest BCUT2D eigenvalue weighted by atomic mass is 10.2. The maximum atomic E-state index is 9.75. The summed E-state index contributed by atoms with van der Waals surface area (Å²) in [6, 6.07) is 7.42. The Kier molecular flexibility index (Phi) is 7.30. The Hall–Kier alpha value is -1.26. The second-order valence-corrected chi connectivity index (χ2v) is 4.92. The molecule has 0 heterocycles. The smallest absolute Gasteiger partial charge is 0.119 e. The lowest BCUT2D eigenvalue weighted by molar-refractivity contribution is 0.106. The molecule has 0 radical (unpaired) electrons. The van der Waals surface area contributed by atoms with Crippen LogP contribution < -0.4 is 14.8 Å². The van der Waals surface area contributed by atoms with Gasteiger partial charge in [-0.05, 0) is 43.7 Å². The molecule has 0 amide bonds. The molecule has 4 nitrogen and oxygen atoms in total. The predicted molar refractivity (Wildman–Crippen MR) is 76.8 cm³/mol. The van der Waals surface area contributed by atoms with Crippen LogP contribution in [-0.2, 0) is 0 Å². The number of nitrogens with one attached hydrogen (secondary N) is 1. The van der Waals surface area contributed by atoms with E-state index in [0.717, 1.165) is 18.0 Å². The number of aliphatic hydroxyl groups excluding tert-OH is 1. The van der Waals surface area contributed by atoms with Crippen molar-refractivity contribution in [2.45, 2.75) is 26.9 Å². The quantitative estimate of drug-likeness (QED) is 0.719. The van der Waals surface area contributed by atoms with Crippen molar-refractivity contribution in [3.8, 4) is 11.5 Å². The molecule has 0 saturated heterocycles. The normalized spacial score (nSPS) is 12.5. The predicted octanol–water partition coefficient (Wildman–Crippen LogP) is 2.07. The van der Waals surface area contributed by atoms with Crippen LogP contribution in [0.4, 0.5) is 0 Å². The van der Waals surface area contributed by atoms with Crippen molar-refractivity contribution in [2.75, 3.05) is 26.3 Å². The third kappa shape index (κ3) is 7.03. The third-order valence-corrected chi connectivity index (χ3v) is 2.51. The van der Waals surface area contributed by atoms with Gasteiger partial charge in [-0.25, -0.2) is 0 Å². The Morgan fingerprint density at radius 3 is 2.16 bits per heavy atom. The molecule has 1 rings (SSSR count). The van der Waals surface area contributed by atoms with E-state index in [0.29, 0.717) is 25.7 Å². The third-order valence-electron chi connectivity index (χ3n) is 2.51. The second-order valence-electron chi connectivity index (χ2n) is 4.92. The van der Waals surface area contributed by atoms with Gasteiger partial charge >= 0.3 is 0 Å². The second kappa shape index (κ2) is 8.77. The van der Waals surface area contributed by atoms with Gasteiger partial charge in [0.2, 0.25) is 0 Å². The van der Waals surface area contributed by atoms with E-state index in [2.05, 4.69) is 19.2 Å². The summed E-state index contributed by atoms with van der Waals surface area (Å²) >= 11 is 0. The van der Waals surface area contributed by atoms with Crippen LogP contribution in [0, 0.1) is 5.92 Å². The molecule has 0 aliphatic heterocycles. The van der Waals surface area contributed by atoms with Crippen molar-refractivity contribution in [2.24, 2.45) is 5.92 Å². The zero-order chi connectivity index (χ0) is 14.1. The van der Waals surface area contributed by atoms with Crippen LogP contribution >= 0.6 is 0 Å². The van der Waals surface area contributed by atoms with Gasteiger partial charge in [-0.2, -0.15) is 0 Å². The molecular formula is C15H25NO3. The van der Waals surface area contributed by atoms with Crippen molar-refractivity contribution < 1.29 is 14.6 Å². The van der Waals surface area contributed by atoms with Gasteiger partial charge in [0.25, 0.3) is 0 Å². The molecule has 0 aromatic heterocycles. The number of aliphatic hydroxyl groups is 1.